The first-order valence-corrected chi connectivity index (χ1v) is 2.78. The van der Waals surface area contributed by atoms with E-state index >= 15 is 0 Å². The van der Waals surface area contributed by atoms with E-state index in [0.29, 0.717) is 0 Å². The first kappa shape index (κ1) is 7.07. The quantitative estimate of drug-likeness (QED) is 0.345. The van der Waals surface area contributed by atoms with Crippen LogP contribution in [0.4, 0.5) is 5.82 Å². The van der Waals surface area contributed by atoms with Crippen LogP contribution >= 0.6 is 0 Å². The highest BCUT2D eigenvalue weighted by Gasteiger charge is 2.05. The monoisotopic (exact) mass is 143 g/mol. The average molecular weight is 143 g/mol. The molecule has 0 saturated heterocycles. The molecule has 5 nitrogen and oxygen atoms in total. The van der Waals surface area contributed by atoms with Crippen molar-refractivity contribution in [3.63, 3.8) is 0 Å². The van der Waals surface area contributed by atoms with Crippen LogP contribution in [0.2, 0.25) is 0 Å². The Morgan fingerprint density at radius 3 is 2.60 bits per heavy atom. The molecule has 0 spiro atoms. The highest BCUT2D eigenvalue weighted by atomic mass is 16.8. The summed E-state index contributed by atoms with van der Waals surface area (Å²) >= 11 is 0. The van der Waals surface area contributed by atoms with Crippen LogP contribution in [0, 0.1) is 12.1 Å². The Morgan fingerprint density at radius 1 is 1.80 bits per heavy atom. The van der Waals surface area contributed by atoms with E-state index in [2.05, 4.69) is 0 Å². The molecule has 1 unspecified atom stereocenters. The fourth-order valence-electron chi connectivity index (χ4n) is 0.789. The number of hydrogen-bond donors (Lipinski definition) is 3. The van der Waals surface area contributed by atoms with Gasteiger partial charge in [0.25, 0.3) is 5.82 Å². The number of rotatable bonds is 1. The zero-order valence-corrected chi connectivity index (χ0v) is 5.53. The van der Waals surface area contributed by atoms with Crippen molar-refractivity contribution >= 4 is 5.82 Å². The van der Waals surface area contributed by atoms with E-state index in [1.807, 2.05) is 0 Å². The number of aryl methyl sites for hydroxylation is 1. The van der Waals surface area contributed by atoms with E-state index in [9.17, 15) is 5.21 Å². The molecule has 0 aromatic carbocycles. The Balaban J connectivity index is 3.03. The van der Waals surface area contributed by atoms with Crippen LogP contribution in [0.5, 0.6) is 0 Å². The molecule has 1 aromatic rings. The smallest absolute Gasteiger partial charge is 0.258 e. The summed E-state index contributed by atoms with van der Waals surface area (Å²) in [6, 6.07) is 1.52. The van der Waals surface area contributed by atoms with Gasteiger partial charge < -0.3 is 11.0 Å². The van der Waals surface area contributed by atoms with Gasteiger partial charge in [0.2, 0.25) is 0 Å². The van der Waals surface area contributed by atoms with Crippen LogP contribution in [0.15, 0.2) is 12.3 Å². The highest BCUT2D eigenvalue weighted by molar-refractivity contribution is 5.27. The molecule has 5 heteroatoms. The Bertz CT molecular complexity index is 231. The number of aromatic nitrogens is 1. The second-order valence-corrected chi connectivity index (χ2v) is 2.12. The molecule has 0 radical (unpaired) electrons. The zero-order chi connectivity index (χ0) is 7.72. The number of nitrogens with zero attached hydrogens (tertiary/aromatic N) is 1. The van der Waals surface area contributed by atoms with E-state index in [1.54, 1.807) is 13.1 Å². The first-order chi connectivity index (χ1) is 4.61. The predicted molar refractivity (Wildman–Crippen MR) is 35.1 cm³/mol. The minimum absolute atomic E-state index is 0.109. The summed E-state index contributed by atoms with van der Waals surface area (Å²) in [6.45, 7) is 1.79. The number of nitrogens with two attached hydrogens (primary N) is 1. The molecule has 0 amide bonds. The third-order valence-electron chi connectivity index (χ3n) is 1.20. The molecule has 56 valence electrons. The fourth-order valence-corrected chi connectivity index (χ4v) is 0.789. The van der Waals surface area contributed by atoms with Gasteiger partial charge in [0.1, 0.15) is 0 Å². The lowest BCUT2D eigenvalue weighted by atomic mass is 10.4. The summed E-state index contributed by atoms with van der Waals surface area (Å²) < 4.78 is 1.09. The van der Waals surface area contributed by atoms with Crippen molar-refractivity contribution in [1.29, 1.82) is 0 Å². The van der Waals surface area contributed by atoms with Crippen molar-refractivity contribution in [2.24, 2.45) is 0 Å². The second-order valence-electron chi connectivity index (χ2n) is 2.12. The SMILES string of the molecule is Cc1cc([NH+]([O-])O)n(N)c1. The van der Waals surface area contributed by atoms with Gasteiger partial charge in [0.15, 0.2) is 0 Å². The van der Waals surface area contributed by atoms with Crippen molar-refractivity contribution in [3.8, 4) is 0 Å². The van der Waals surface area contributed by atoms with Crippen LogP contribution in [-0.4, -0.2) is 9.88 Å². The average Bonchev–Trinajstić information content (AvgIpc) is 2.10. The maximum atomic E-state index is 10.3. The maximum absolute atomic E-state index is 10.3. The van der Waals surface area contributed by atoms with E-state index < -0.39 is 5.23 Å². The molecule has 1 rings (SSSR count). The number of nitrogen functional groups attached to an aromatic ring is 1. The third kappa shape index (κ3) is 1.10. The third-order valence-corrected chi connectivity index (χ3v) is 1.20. The number of nitrogens with one attached hydrogen (secondary N) is 1. The predicted octanol–water partition coefficient (Wildman–Crippen LogP) is -1.09. The lowest BCUT2D eigenvalue weighted by Crippen LogP contribution is -2.99. The molecular formula is C5H9N3O2. The van der Waals surface area contributed by atoms with Crippen molar-refractivity contribution in [3.05, 3.63) is 23.0 Å². The molecule has 1 heterocycles. The Hall–Kier alpha value is -1.04. The van der Waals surface area contributed by atoms with Gasteiger partial charge in [-0.15, -0.1) is 0 Å². The summed E-state index contributed by atoms with van der Waals surface area (Å²) in [7, 11) is 0. The summed E-state index contributed by atoms with van der Waals surface area (Å²) in [6.07, 6.45) is 1.56. The van der Waals surface area contributed by atoms with E-state index in [-0.39, 0.29) is 5.82 Å². The summed E-state index contributed by atoms with van der Waals surface area (Å²) in [5, 5.41) is 17.8. The Labute approximate surface area is 57.8 Å². The zero-order valence-electron chi connectivity index (χ0n) is 5.53. The van der Waals surface area contributed by atoms with Gasteiger partial charge in [-0.05, 0) is 12.5 Å². The molecule has 0 bridgehead atoms. The van der Waals surface area contributed by atoms with Gasteiger partial charge in [0.05, 0.1) is 0 Å². The van der Waals surface area contributed by atoms with E-state index in [0.717, 1.165) is 10.2 Å². The molecule has 0 saturated carbocycles. The molecule has 1 atom stereocenters. The topological polar surface area (TPSA) is 78.7 Å². The second kappa shape index (κ2) is 2.30. The normalized spacial score (nSPS) is 13.5. The van der Waals surface area contributed by atoms with Gasteiger partial charge >= 0.3 is 0 Å². The van der Waals surface area contributed by atoms with Crippen molar-refractivity contribution in [2.45, 2.75) is 6.92 Å². The standard InChI is InChI=1S/C5H9N3O2/c1-4-2-5(8(9)10)7(6)3-4/h2-3,8-9H,6H2,1H3. The molecule has 0 fully saturated rings. The fraction of sp³-hybridized carbons (Fsp3) is 0.200. The molecular weight excluding hydrogens is 134 g/mol. The lowest BCUT2D eigenvalue weighted by Gasteiger charge is -2.10. The summed E-state index contributed by atoms with van der Waals surface area (Å²) in [5.74, 6) is 5.39. The van der Waals surface area contributed by atoms with Gasteiger partial charge in [-0.2, -0.15) is 5.23 Å². The number of hydrogen-bond acceptors (Lipinski definition) is 3. The van der Waals surface area contributed by atoms with Gasteiger partial charge in [-0.3, -0.25) is 0 Å². The molecule has 0 aliphatic rings. The first-order valence-electron chi connectivity index (χ1n) is 2.78. The van der Waals surface area contributed by atoms with Gasteiger partial charge in [-0.25, -0.2) is 9.88 Å². The lowest BCUT2D eigenvalue weighted by molar-refractivity contribution is -0.993. The van der Waals surface area contributed by atoms with Crippen LogP contribution in [-0.2, 0) is 0 Å². The molecule has 0 aliphatic carbocycles. The van der Waals surface area contributed by atoms with Crippen molar-refractivity contribution in [1.82, 2.24) is 4.68 Å². The summed E-state index contributed by atoms with van der Waals surface area (Å²) in [4.78, 5) is 0. The molecule has 4 N–H and O–H groups in total. The Morgan fingerprint density at radius 2 is 2.40 bits per heavy atom. The largest absolute Gasteiger partial charge is 0.594 e. The van der Waals surface area contributed by atoms with Crippen LogP contribution < -0.4 is 11.1 Å². The molecule has 10 heavy (non-hydrogen) atoms. The molecule has 0 aliphatic heterocycles. The van der Waals surface area contributed by atoms with Gasteiger partial charge in [0, 0.05) is 12.3 Å². The van der Waals surface area contributed by atoms with Crippen LogP contribution in [0.25, 0.3) is 0 Å². The van der Waals surface area contributed by atoms with Crippen LogP contribution in [0.1, 0.15) is 5.56 Å². The van der Waals surface area contributed by atoms with Crippen LogP contribution in [0.3, 0.4) is 0 Å². The summed E-state index contributed by atoms with van der Waals surface area (Å²) in [5.41, 5.74) is 0.847. The minimum atomic E-state index is -1.00. The van der Waals surface area contributed by atoms with Crippen molar-refractivity contribution in [2.75, 3.05) is 5.84 Å². The minimum Gasteiger partial charge on any atom is -0.594 e. The van der Waals surface area contributed by atoms with Crippen molar-refractivity contribution < 1.29 is 10.4 Å². The highest BCUT2D eigenvalue weighted by Crippen LogP contribution is 2.03. The Kier molecular flexibility index (Phi) is 1.62. The van der Waals surface area contributed by atoms with Gasteiger partial charge in [-0.1, -0.05) is 0 Å². The number of quaternary nitrogens is 1. The maximum Gasteiger partial charge on any atom is 0.258 e. The van der Waals surface area contributed by atoms with E-state index in [4.69, 9.17) is 11.0 Å². The van der Waals surface area contributed by atoms with E-state index in [1.165, 1.54) is 6.07 Å². The molecule has 1 aromatic heterocycles.